The number of hydrogen-bond donors (Lipinski definition) is 2. The van der Waals surface area contributed by atoms with Gasteiger partial charge < -0.3 is 10.4 Å². The number of aliphatic carboxylic acids is 1. The lowest BCUT2D eigenvalue weighted by Crippen LogP contribution is -2.31. The predicted octanol–water partition coefficient (Wildman–Crippen LogP) is 3.09. The molecule has 0 radical (unpaired) electrons. The molecule has 3 aromatic rings. The van der Waals surface area contributed by atoms with Gasteiger partial charge in [-0.3, -0.25) is 9.59 Å². The topological polar surface area (TPSA) is 92.2 Å². The molecule has 1 aromatic heterocycles. The standard InChI is InChI=1S/C20H17N3O3/c24-18(25)13-17(23-20(26)19-21-11-4-12-22-19)16-9-7-15(8-10-16)14-5-2-1-3-6-14/h1-12,17H,13H2,(H,23,26)(H,24,25)/t17-/m1/s1. The average molecular weight is 347 g/mol. The van der Waals surface area contributed by atoms with Gasteiger partial charge in [0.05, 0.1) is 12.5 Å². The van der Waals surface area contributed by atoms with Gasteiger partial charge in [0, 0.05) is 12.4 Å². The molecule has 0 bridgehead atoms. The van der Waals surface area contributed by atoms with Crippen molar-refractivity contribution in [2.24, 2.45) is 0 Å². The number of nitrogens with zero attached hydrogens (tertiary/aromatic N) is 2. The van der Waals surface area contributed by atoms with E-state index >= 15 is 0 Å². The Hall–Kier alpha value is -3.54. The smallest absolute Gasteiger partial charge is 0.305 e. The molecule has 26 heavy (non-hydrogen) atoms. The third-order valence-corrected chi connectivity index (χ3v) is 3.87. The molecule has 0 aliphatic rings. The number of rotatable bonds is 6. The summed E-state index contributed by atoms with van der Waals surface area (Å²) < 4.78 is 0. The van der Waals surface area contributed by atoms with Crippen LogP contribution in [0.2, 0.25) is 0 Å². The number of aromatic nitrogens is 2. The number of amides is 1. The fourth-order valence-electron chi connectivity index (χ4n) is 2.60. The first-order valence-corrected chi connectivity index (χ1v) is 8.08. The largest absolute Gasteiger partial charge is 0.481 e. The Morgan fingerprint density at radius 3 is 2.12 bits per heavy atom. The molecule has 0 unspecified atom stereocenters. The Balaban J connectivity index is 1.81. The molecule has 6 nitrogen and oxygen atoms in total. The number of carboxylic acid groups (broad SMARTS) is 1. The van der Waals surface area contributed by atoms with Crippen LogP contribution >= 0.6 is 0 Å². The molecular weight excluding hydrogens is 330 g/mol. The van der Waals surface area contributed by atoms with Crippen molar-refractivity contribution in [2.75, 3.05) is 0 Å². The molecule has 2 N–H and O–H groups in total. The molecule has 1 heterocycles. The van der Waals surface area contributed by atoms with Crippen LogP contribution in [0.5, 0.6) is 0 Å². The zero-order chi connectivity index (χ0) is 18.4. The minimum atomic E-state index is -1.00. The molecule has 0 saturated heterocycles. The van der Waals surface area contributed by atoms with Gasteiger partial charge in [0.15, 0.2) is 0 Å². The van der Waals surface area contributed by atoms with Crippen LogP contribution < -0.4 is 5.32 Å². The lowest BCUT2D eigenvalue weighted by Gasteiger charge is -2.17. The zero-order valence-electron chi connectivity index (χ0n) is 13.9. The third-order valence-electron chi connectivity index (χ3n) is 3.87. The maximum Gasteiger partial charge on any atom is 0.305 e. The second-order valence-electron chi connectivity index (χ2n) is 5.68. The van der Waals surface area contributed by atoms with Crippen LogP contribution in [0.25, 0.3) is 11.1 Å². The Labute approximate surface area is 150 Å². The van der Waals surface area contributed by atoms with E-state index in [1.807, 2.05) is 54.6 Å². The second-order valence-corrected chi connectivity index (χ2v) is 5.68. The summed E-state index contributed by atoms with van der Waals surface area (Å²) in [5.74, 6) is -1.51. The summed E-state index contributed by atoms with van der Waals surface area (Å²) in [5, 5.41) is 11.9. The van der Waals surface area contributed by atoms with E-state index in [9.17, 15) is 14.7 Å². The first-order valence-electron chi connectivity index (χ1n) is 8.08. The third kappa shape index (κ3) is 4.30. The molecule has 1 amide bonds. The van der Waals surface area contributed by atoms with Crippen molar-refractivity contribution in [3.8, 4) is 11.1 Å². The first kappa shape index (κ1) is 17.3. The maximum absolute atomic E-state index is 12.3. The fourth-order valence-corrected chi connectivity index (χ4v) is 2.60. The monoisotopic (exact) mass is 347 g/mol. The van der Waals surface area contributed by atoms with Gasteiger partial charge in [-0.1, -0.05) is 54.6 Å². The molecule has 1 atom stereocenters. The van der Waals surface area contributed by atoms with Crippen molar-refractivity contribution in [3.05, 3.63) is 84.4 Å². The van der Waals surface area contributed by atoms with Crippen molar-refractivity contribution in [1.29, 1.82) is 0 Å². The molecule has 0 spiro atoms. The molecule has 2 aromatic carbocycles. The molecule has 0 aliphatic heterocycles. The van der Waals surface area contributed by atoms with E-state index in [1.54, 1.807) is 6.07 Å². The average Bonchev–Trinajstić information content (AvgIpc) is 2.68. The predicted molar refractivity (Wildman–Crippen MR) is 96.4 cm³/mol. The quantitative estimate of drug-likeness (QED) is 0.715. The summed E-state index contributed by atoms with van der Waals surface area (Å²) in [7, 11) is 0. The van der Waals surface area contributed by atoms with Gasteiger partial charge in [-0.05, 0) is 22.8 Å². The lowest BCUT2D eigenvalue weighted by molar-refractivity contribution is -0.137. The van der Waals surface area contributed by atoms with Crippen molar-refractivity contribution >= 4 is 11.9 Å². The minimum Gasteiger partial charge on any atom is -0.481 e. The summed E-state index contributed by atoms with van der Waals surface area (Å²) in [5.41, 5.74) is 2.79. The maximum atomic E-state index is 12.3. The highest BCUT2D eigenvalue weighted by molar-refractivity contribution is 5.91. The Bertz CT molecular complexity index is 881. The van der Waals surface area contributed by atoms with Gasteiger partial charge in [-0.2, -0.15) is 0 Å². The van der Waals surface area contributed by atoms with Crippen molar-refractivity contribution in [3.63, 3.8) is 0 Å². The van der Waals surface area contributed by atoms with Crippen LogP contribution in [-0.4, -0.2) is 27.0 Å². The first-order chi connectivity index (χ1) is 12.6. The normalized spacial score (nSPS) is 11.5. The highest BCUT2D eigenvalue weighted by Crippen LogP contribution is 2.23. The fraction of sp³-hybridized carbons (Fsp3) is 0.100. The number of benzene rings is 2. The second kappa shape index (κ2) is 8.02. The number of carbonyl (C=O) groups is 2. The SMILES string of the molecule is O=C(O)C[C@@H](NC(=O)c1ncccn1)c1ccc(-c2ccccc2)cc1. The van der Waals surface area contributed by atoms with Gasteiger partial charge in [0.2, 0.25) is 5.82 Å². The van der Waals surface area contributed by atoms with Crippen LogP contribution in [0.15, 0.2) is 73.1 Å². The molecular formula is C20H17N3O3. The number of carbonyl (C=O) groups excluding carboxylic acids is 1. The Kier molecular flexibility index (Phi) is 5.34. The van der Waals surface area contributed by atoms with Crippen LogP contribution in [-0.2, 0) is 4.79 Å². The van der Waals surface area contributed by atoms with Crippen molar-refractivity contribution in [2.45, 2.75) is 12.5 Å². The molecule has 3 rings (SSSR count). The van der Waals surface area contributed by atoms with Crippen molar-refractivity contribution in [1.82, 2.24) is 15.3 Å². The summed E-state index contributed by atoms with van der Waals surface area (Å²) in [6.07, 6.45) is 2.69. The minimum absolute atomic E-state index is 0.00351. The van der Waals surface area contributed by atoms with Gasteiger partial charge >= 0.3 is 5.97 Å². The van der Waals surface area contributed by atoms with E-state index in [2.05, 4.69) is 15.3 Å². The van der Waals surface area contributed by atoms with E-state index < -0.39 is 17.9 Å². The molecule has 6 heteroatoms. The molecule has 130 valence electrons. The number of nitrogens with one attached hydrogen (secondary N) is 1. The van der Waals surface area contributed by atoms with E-state index in [4.69, 9.17) is 0 Å². The van der Waals surface area contributed by atoms with Gasteiger partial charge in [0.1, 0.15) is 0 Å². The zero-order valence-corrected chi connectivity index (χ0v) is 13.9. The van der Waals surface area contributed by atoms with Crippen LogP contribution in [0.1, 0.15) is 28.6 Å². The summed E-state index contributed by atoms with van der Waals surface area (Å²) >= 11 is 0. The highest BCUT2D eigenvalue weighted by Gasteiger charge is 2.20. The molecule has 0 saturated carbocycles. The van der Waals surface area contributed by atoms with Gasteiger partial charge in [-0.25, -0.2) is 9.97 Å². The number of carboxylic acids is 1. The van der Waals surface area contributed by atoms with Gasteiger partial charge in [0.25, 0.3) is 5.91 Å². The molecule has 0 aliphatic carbocycles. The van der Waals surface area contributed by atoms with Crippen LogP contribution in [0.4, 0.5) is 0 Å². The Morgan fingerprint density at radius 2 is 1.50 bits per heavy atom. The van der Waals surface area contributed by atoms with Crippen LogP contribution in [0.3, 0.4) is 0 Å². The lowest BCUT2D eigenvalue weighted by atomic mass is 9.99. The summed E-state index contributed by atoms with van der Waals surface area (Å²) in [4.78, 5) is 31.3. The van der Waals surface area contributed by atoms with Gasteiger partial charge in [-0.15, -0.1) is 0 Å². The summed E-state index contributed by atoms with van der Waals surface area (Å²) in [6, 6.07) is 18.2. The van der Waals surface area contributed by atoms with E-state index in [0.29, 0.717) is 5.56 Å². The van der Waals surface area contributed by atoms with E-state index in [1.165, 1.54) is 12.4 Å². The van der Waals surface area contributed by atoms with E-state index in [-0.39, 0.29) is 12.2 Å². The summed E-state index contributed by atoms with van der Waals surface area (Å²) in [6.45, 7) is 0. The van der Waals surface area contributed by atoms with Crippen molar-refractivity contribution < 1.29 is 14.7 Å². The number of hydrogen-bond acceptors (Lipinski definition) is 4. The van der Waals surface area contributed by atoms with Crippen LogP contribution in [0, 0.1) is 0 Å². The Morgan fingerprint density at radius 1 is 0.885 bits per heavy atom. The molecule has 0 fully saturated rings. The van der Waals surface area contributed by atoms with E-state index in [0.717, 1.165) is 11.1 Å². The highest BCUT2D eigenvalue weighted by atomic mass is 16.4.